The van der Waals surface area contributed by atoms with Crippen molar-refractivity contribution in [3.63, 3.8) is 0 Å². The second kappa shape index (κ2) is 9.25. The number of aromatic amines is 1. The lowest BCUT2D eigenvalue weighted by Gasteiger charge is -2.34. The number of nitrogens with one attached hydrogen (secondary N) is 1. The molecule has 0 radical (unpaired) electrons. The van der Waals surface area contributed by atoms with Crippen LogP contribution in [0.5, 0.6) is 0 Å². The molecule has 0 saturated heterocycles. The lowest BCUT2D eigenvalue weighted by molar-refractivity contribution is -0.163. The monoisotopic (exact) mass is 532 g/mol. The second-order valence-corrected chi connectivity index (χ2v) is 8.48. The lowest BCUT2D eigenvalue weighted by Crippen LogP contribution is -2.44. The summed E-state index contributed by atoms with van der Waals surface area (Å²) >= 11 is 6.84. The number of hydrogen-bond donors (Lipinski definition) is 3. The number of carbonyl (C=O) groups is 3. The van der Waals surface area contributed by atoms with Gasteiger partial charge >= 0.3 is 17.9 Å². The summed E-state index contributed by atoms with van der Waals surface area (Å²) in [6, 6.07) is 1.72. The van der Waals surface area contributed by atoms with Crippen LogP contribution in [0.3, 0.4) is 0 Å². The number of carboxylic acids is 2. The number of benzene rings is 1. The number of carboxylic acid groups (broad SMARTS) is 2. The molecule has 0 bridgehead atoms. The van der Waals surface area contributed by atoms with Gasteiger partial charge in [-0.1, -0.05) is 13.8 Å². The Labute approximate surface area is 184 Å². The number of ether oxygens (including phenoxy) is 1. The average molecular weight is 534 g/mol. The fourth-order valence-corrected chi connectivity index (χ4v) is 4.83. The van der Waals surface area contributed by atoms with Gasteiger partial charge in [-0.05, 0) is 62.8 Å². The molecule has 2 rings (SSSR count). The molecular weight excluding hydrogens is 512 g/mol. The zero-order chi connectivity index (χ0) is 21.9. The molecule has 158 valence electrons. The Morgan fingerprint density at radius 2 is 1.93 bits per heavy atom. The first kappa shape index (κ1) is 23.3. The van der Waals surface area contributed by atoms with Crippen molar-refractivity contribution < 1.29 is 29.3 Å². The van der Waals surface area contributed by atoms with Crippen molar-refractivity contribution in [2.24, 2.45) is 11.3 Å². The van der Waals surface area contributed by atoms with E-state index in [4.69, 9.17) is 4.74 Å². The maximum absolute atomic E-state index is 12.3. The second-order valence-electron chi connectivity index (χ2n) is 6.83. The number of H-pyrrole nitrogens is 1. The Hall–Kier alpha value is -1.94. The predicted molar refractivity (Wildman–Crippen MR) is 112 cm³/mol. The van der Waals surface area contributed by atoms with Crippen LogP contribution >= 0.6 is 31.9 Å². The van der Waals surface area contributed by atoms with Gasteiger partial charge in [0.2, 0.25) is 0 Å². The summed E-state index contributed by atoms with van der Waals surface area (Å²) in [5, 5.41) is 27.4. The van der Waals surface area contributed by atoms with Gasteiger partial charge in [-0.3, -0.25) is 19.5 Å². The van der Waals surface area contributed by atoms with Crippen LogP contribution in [0.2, 0.25) is 0 Å². The van der Waals surface area contributed by atoms with Crippen LogP contribution in [0.1, 0.15) is 44.7 Å². The standard InChI is InChI=1S/C19H22Br2N2O6/c1-4-12(17(25)26)19(5-2,18(27)28)7-10-6-13(20)15-14(16(21)23-22-15)11(10)8-29-9(3)24/h6,12H,4-5,7-8H2,1-3H3,(H,22,23)(H,25,26)(H,27,28). The third kappa shape index (κ3) is 4.48. The van der Waals surface area contributed by atoms with Gasteiger partial charge in [0.15, 0.2) is 0 Å². The van der Waals surface area contributed by atoms with E-state index in [1.54, 1.807) is 19.9 Å². The van der Waals surface area contributed by atoms with Crippen molar-refractivity contribution in [1.29, 1.82) is 0 Å². The van der Waals surface area contributed by atoms with Crippen LogP contribution in [0.15, 0.2) is 15.1 Å². The van der Waals surface area contributed by atoms with Crippen LogP contribution in [0.4, 0.5) is 0 Å². The molecule has 29 heavy (non-hydrogen) atoms. The minimum atomic E-state index is -1.52. The molecule has 0 aliphatic heterocycles. The van der Waals surface area contributed by atoms with Crippen molar-refractivity contribution >= 4 is 60.7 Å². The van der Waals surface area contributed by atoms with E-state index < -0.39 is 29.2 Å². The highest BCUT2D eigenvalue weighted by Gasteiger charge is 2.48. The quantitative estimate of drug-likeness (QED) is 0.410. The van der Waals surface area contributed by atoms with Gasteiger partial charge in [0.25, 0.3) is 0 Å². The fraction of sp³-hybridized carbons (Fsp3) is 0.474. The minimum Gasteiger partial charge on any atom is -0.481 e. The van der Waals surface area contributed by atoms with Crippen LogP contribution in [0, 0.1) is 11.3 Å². The van der Waals surface area contributed by atoms with Crippen LogP contribution in [0.25, 0.3) is 10.9 Å². The molecule has 0 spiro atoms. The number of aliphatic carboxylic acids is 2. The Balaban J connectivity index is 2.73. The molecule has 3 N–H and O–H groups in total. The Bertz CT molecular complexity index is 958. The van der Waals surface area contributed by atoms with E-state index in [1.165, 1.54) is 6.92 Å². The van der Waals surface area contributed by atoms with Crippen LogP contribution in [-0.2, 0) is 32.1 Å². The van der Waals surface area contributed by atoms with Crippen molar-refractivity contribution in [2.75, 3.05) is 0 Å². The first-order valence-corrected chi connectivity index (χ1v) is 10.6. The summed E-state index contributed by atoms with van der Waals surface area (Å²) in [4.78, 5) is 35.6. The Kier molecular flexibility index (Phi) is 7.45. The van der Waals surface area contributed by atoms with Crippen molar-refractivity contribution in [1.82, 2.24) is 10.2 Å². The van der Waals surface area contributed by atoms with Crippen LogP contribution < -0.4 is 0 Å². The van der Waals surface area contributed by atoms with E-state index in [0.29, 0.717) is 31.1 Å². The summed E-state index contributed by atoms with van der Waals surface area (Å²) in [5.74, 6) is -3.88. The van der Waals surface area contributed by atoms with Gasteiger partial charge < -0.3 is 14.9 Å². The molecule has 8 nitrogen and oxygen atoms in total. The molecule has 1 aromatic heterocycles. The summed E-state index contributed by atoms with van der Waals surface area (Å²) in [6.07, 6.45) is 0.266. The molecular formula is C19H22Br2N2O6. The largest absolute Gasteiger partial charge is 0.481 e. The van der Waals surface area contributed by atoms with Gasteiger partial charge in [-0.2, -0.15) is 5.10 Å². The normalized spacial score (nSPS) is 14.4. The summed E-state index contributed by atoms with van der Waals surface area (Å²) in [5.41, 5.74) is 0.231. The van der Waals surface area contributed by atoms with Gasteiger partial charge in [-0.15, -0.1) is 0 Å². The molecule has 0 amide bonds. The Morgan fingerprint density at radius 3 is 2.41 bits per heavy atom. The predicted octanol–water partition coefficient (Wildman–Crippen LogP) is 4.29. The van der Waals surface area contributed by atoms with E-state index in [9.17, 15) is 24.6 Å². The molecule has 0 aliphatic carbocycles. The molecule has 2 unspecified atom stereocenters. The number of halogens is 2. The smallest absolute Gasteiger partial charge is 0.310 e. The number of esters is 1. The van der Waals surface area contributed by atoms with Gasteiger partial charge in [-0.25, -0.2) is 0 Å². The molecule has 0 saturated carbocycles. The fourth-order valence-electron chi connectivity index (χ4n) is 3.75. The van der Waals surface area contributed by atoms with E-state index in [-0.39, 0.29) is 25.9 Å². The van der Waals surface area contributed by atoms with E-state index >= 15 is 0 Å². The maximum atomic E-state index is 12.3. The zero-order valence-electron chi connectivity index (χ0n) is 16.2. The third-order valence-electron chi connectivity index (χ3n) is 5.29. The summed E-state index contributed by atoms with van der Waals surface area (Å²) in [6.45, 7) is 4.53. The number of aromatic nitrogens is 2. The first-order valence-electron chi connectivity index (χ1n) is 9.02. The zero-order valence-corrected chi connectivity index (χ0v) is 19.4. The molecule has 0 aliphatic rings. The number of carbonyl (C=O) groups excluding carboxylic acids is 1. The highest BCUT2D eigenvalue weighted by molar-refractivity contribution is 9.11. The first-order chi connectivity index (χ1) is 13.6. The average Bonchev–Trinajstić information content (AvgIpc) is 3.02. The number of nitrogens with zero attached hydrogens (tertiary/aromatic N) is 1. The topological polar surface area (TPSA) is 130 Å². The van der Waals surface area contributed by atoms with E-state index in [2.05, 4.69) is 42.1 Å². The SMILES string of the molecule is CCC(C(=O)O)C(CC)(Cc1cc(Br)c2n[nH]c(Br)c2c1COC(C)=O)C(=O)O. The van der Waals surface area contributed by atoms with Crippen molar-refractivity contribution in [2.45, 2.75) is 46.6 Å². The number of rotatable bonds is 9. The number of fused-ring (bicyclic) bond motifs is 1. The molecule has 0 fully saturated rings. The lowest BCUT2D eigenvalue weighted by atomic mass is 9.67. The van der Waals surface area contributed by atoms with Gasteiger partial charge in [0.1, 0.15) is 16.7 Å². The summed E-state index contributed by atoms with van der Waals surface area (Å²) in [7, 11) is 0. The highest BCUT2D eigenvalue weighted by atomic mass is 79.9. The van der Waals surface area contributed by atoms with Gasteiger partial charge in [0, 0.05) is 22.3 Å². The molecule has 2 aromatic rings. The summed E-state index contributed by atoms with van der Waals surface area (Å²) < 4.78 is 6.38. The molecule has 10 heteroatoms. The van der Waals surface area contributed by atoms with E-state index in [1.807, 2.05) is 0 Å². The Morgan fingerprint density at radius 1 is 1.28 bits per heavy atom. The number of hydrogen-bond acceptors (Lipinski definition) is 5. The highest BCUT2D eigenvalue weighted by Crippen LogP contribution is 2.42. The molecule has 2 atom stereocenters. The minimum absolute atomic E-state index is 0.0353. The van der Waals surface area contributed by atoms with Crippen molar-refractivity contribution in [3.05, 3.63) is 26.3 Å². The maximum Gasteiger partial charge on any atom is 0.310 e. The van der Waals surface area contributed by atoms with Crippen LogP contribution in [-0.4, -0.2) is 38.3 Å². The molecule has 1 heterocycles. The molecule has 1 aromatic carbocycles. The van der Waals surface area contributed by atoms with Gasteiger partial charge in [0.05, 0.1) is 11.3 Å². The third-order valence-corrected chi connectivity index (χ3v) is 6.47. The van der Waals surface area contributed by atoms with Crippen molar-refractivity contribution in [3.8, 4) is 0 Å². The van der Waals surface area contributed by atoms with E-state index in [0.717, 1.165) is 0 Å².